The number of amides is 1. The van der Waals surface area contributed by atoms with Crippen LogP contribution in [0.15, 0.2) is 57.9 Å². The Balaban J connectivity index is 1.46. The average molecular weight is 424 g/mol. The number of nitrogens with one attached hydrogen (secondary N) is 1. The Morgan fingerprint density at radius 2 is 2.13 bits per heavy atom. The van der Waals surface area contributed by atoms with Crippen LogP contribution in [0, 0.1) is 5.92 Å². The fraction of sp³-hybridized carbons (Fsp3) is 0.238. The molecule has 0 spiro atoms. The first-order valence-corrected chi connectivity index (χ1v) is 10.3. The molecular weight excluding hydrogens is 404 g/mol. The fourth-order valence-electron chi connectivity index (χ4n) is 2.82. The van der Waals surface area contributed by atoms with Gasteiger partial charge in [-0.05, 0) is 30.2 Å². The average Bonchev–Trinajstić information content (AvgIpc) is 3.36. The van der Waals surface area contributed by atoms with Crippen LogP contribution in [0.3, 0.4) is 0 Å². The molecule has 154 valence electrons. The molecule has 30 heavy (non-hydrogen) atoms. The molecule has 4 rings (SSSR count). The van der Waals surface area contributed by atoms with Gasteiger partial charge in [-0.1, -0.05) is 31.3 Å². The molecular formula is C21H20N4O4S. The zero-order valence-electron chi connectivity index (χ0n) is 16.5. The number of hydrogen-bond acceptors (Lipinski definition) is 7. The molecule has 9 heteroatoms. The van der Waals surface area contributed by atoms with Crippen molar-refractivity contribution >= 4 is 27.9 Å². The van der Waals surface area contributed by atoms with Crippen molar-refractivity contribution < 1.29 is 13.9 Å². The van der Waals surface area contributed by atoms with Gasteiger partial charge in [-0.25, -0.2) is 4.98 Å². The van der Waals surface area contributed by atoms with Crippen LogP contribution >= 0.6 is 11.3 Å². The molecule has 1 amide bonds. The van der Waals surface area contributed by atoms with Crippen molar-refractivity contribution in [2.75, 3.05) is 5.32 Å². The normalized spacial score (nSPS) is 11.2. The number of carbonyl (C=O) groups is 1. The van der Waals surface area contributed by atoms with E-state index in [1.54, 1.807) is 36.4 Å². The van der Waals surface area contributed by atoms with Crippen molar-refractivity contribution in [3.8, 4) is 5.75 Å². The van der Waals surface area contributed by atoms with Crippen molar-refractivity contribution in [3.63, 3.8) is 0 Å². The molecule has 3 aromatic heterocycles. The Kier molecular flexibility index (Phi) is 5.62. The molecule has 0 bridgehead atoms. The third kappa shape index (κ3) is 4.57. The summed E-state index contributed by atoms with van der Waals surface area (Å²) in [5.41, 5.74) is 0.854. The number of furan rings is 1. The quantitative estimate of drug-likeness (QED) is 0.485. The number of aromatic nitrogens is 3. The summed E-state index contributed by atoms with van der Waals surface area (Å²) in [6.07, 6.45) is 2.24. The van der Waals surface area contributed by atoms with Crippen molar-refractivity contribution in [2.45, 2.75) is 26.9 Å². The minimum absolute atomic E-state index is 0.124. The molecule has 0 aliphatic carbocycles. The van der Waals surface area contributed by atoms with E-state index in [1.807, 2.05) is 0 Å². The third-order valence-corrected chi connectivity index (χ3v) is 5.08. The highest BCUT2D eigenvalue weighted by Crippen LogP contribution is 2.20. The number of nitrogens with zero attached hydrogens (tertiary/aromatic N) is 3. The van der Waals surface area contributed by atoms with Crippen molar-refractivity contribution in [3.05, 3.63) is 75.5 Å². The minimum atomic E-state index is -0.348. The van der Waals surface area contributed by atoms with Crippen LogP contribution in [0.2, 0.25) is 0 Å². The molecule has 0 saturated carbocycles. The summed E-state index contributed by atoms with van der Waals surface area (Å²) in [5, 5.41) is 7.97. The first kappa shape index (κ1) is 19.8. The smallest absolute Gasteiger partial charge is 0.291 e. The lowest BCUT2D eigenvalue weighted by Gasteiger charge is -2.08. The number of fused-ring (bicyclic) bond motifs is 1. The van der Waals surface area contributed by atoms with Gasteiger partial charge in [0.05, 0.1) is 12.0 Å². The van der Waals surface area contributed by atoms with Gasteiger partial charge in [-0.3, -0.25) is 9.59 Å². The number of benzene rings is 1. The molecule has 0 radical (unpaired) electrons. The van der Waals surface area contributed by atoms with Gasteiger partial charge >= 0.3 is 0 Å². The van der Waals surface area contributed by atoms with Crippen molar-refractivity contribution in [1.29, 1.82) is 0 Å². The third-order valence-electron chi connectivity index (χ3n) is 4.15. The Bertz CT molecular complexity index is 1230. The molecule has 1 N–H and O–H groups in total. The highest BCUT2D eigenvalue weighted by molar-refractivity contribution is 7.16. The molecule has 0 saturated heterocycles. The van der Waals surface area contributed by atoms with Gasteiger partial charge in [0.25, 0.3) is 11.5 Å². The first-order chi connectivity index (χ1) is 14.5. The maximum atomic E-state index is 12.4. The number of hydrogen-bond donors (Lipinski definition) is 1. The number of carbonyl (C=O) groups excluding carboxylic acids is 1. The molecule has 4 aromatic rings. The summed E-state index contributed by atoms with van der Waals surface area (Å²) in [6.45, 7) is 4.33. The molecule has 1 aromatic carbocycles. The van der Waals surface area contributed by atoms with Crippen molar-refractivity contribution in [1.82, 2.24) is 14.6 Å². The molecule has 0 atom stereocenters. The van der Waals surface area contributed by atoms with Crippen LogP contribution in [-0.4, -0.2) is 20.5 Å². The van der Waals surface area contributed by atoms with Gasteiger partial charge in [0, 0.05) is 24.2 Å². The van der Waals surface area contributed by atoms with E-state index in [9.17, 15) is 9.59 Å². The number of anilines is 1. The molecule has 0 aliphatic heterocycles. The summed E-state index contributed by atoms with van der Waals surface area (Å²) in [4.78, 5) is 29.5. The lowest BCUT2D eigenvalue weighted by atomic mass is 10.1. The van der Waals surface area contributed by atoms with E-state index in [0.717, 1.165) is 11.4 Å². The standard InChI is InChI=1S/C21H20N4O4S/c1-13(2)9-18-24-25-19(26)11-15(23-21(25)30-18)12-29-16-6-3-5-14(10-16)22-20(27)17-7-4-8-28-17/h3-8,10-11,13H,9,12H2,1-2H3,(H,22,27). The zero-order chi connectivity index (χ0) is 21.1. The lowest BCUT2D eigenvalue weighted by molar-refractivity contribution is 0.0996. The van der Waals surface area contributed by atoms with E-state index in [4.69, 9.17) is 9.15 Å². The summed E-state index contributed by atoms with van der Waals surface area (Å²) >= 11 is 1.41. The zero-order valence-corrected chi connectivity index (χ0v) is 17.3. The number of rotatable bonds is 7. The van der Waals surface area contributed by atoms with E-state index in [1.165, 1.54) is 28.2 Å². The fourth-order valence-corrected chi connectivity index (χ4v) is 3.95. The van der Waals surface area contributed by atoms with Crippen LogP contribution < -0.4 is 15.6 Å². The first-order valence-electron chi connectivity index (χ1n) is 9.44. The second kappa shape index (κ2) is 8.50. The van der Waals surface area contributed by atoms with Gasteiger partial charge in [0.2, 0.25) is 4.96 Å². The second-order valence-electron chi connectivity index (χ2n) is 7.12. The lowest BCUT2D eigenvalue weighted by Crippen LogP contribution is -2.16. The van der Waals surface area contributed by atoms with Crippen LogP contribution in [-0.2, 0) is 13.0 Å². The number of ether oxygens (including phenoxy) is 1. The maximum Gasteiger partial charge on any atom is 0.291 e. The largest absolute Gasteiger partial charge is 0.487 e. The van der Waals surface area contributed by atoms with Gasteiger partial charge in [0.15, 0.2) is 5.76 Å². The van der Waals surface area contributed by atoms with Gasteiger partial charge in [-0.2, -0.15) is 9.61 Å². The van der Waals surface area contributed by atoms with Gasteiger partial charge < -0.3 is 14.5 Å². The molecule has 0 unspecified atom stereocenters. The highest BCUT2D eigenvalue weighted by Gasteiger charge is 2.12. The van der Waals surface area contributed by atoms with E-state index < -0.39 is 0 Å². The van der Waals surface area contributed by atoms with E-state index in [2.05, 4.69) is 29.2 Å². The topological polar surface area (TPSA) is 98.7 Å². The minimum Gasteiger partial charge on any atom is -0.487 e. The Morgan fingerprint density at radius 3 is 2.90 bits per heavy atom. The highest BCUT2D eigenvalue weighted by atomic mass is 32.1. The molecule has 8 nitrogen and oxygen atoms in total. The predicted molar refractivity (Wildman–Crippen MR) is 113 cm³/mol. The monoisotopic (exact) mass is 424 g/mol. The van der Waals surface area contributed by atoms with Crippen LogP contribution in [0.5, 0.6) is 5.75 Å². The van der Waals surface area contributed by atoms with E-state index >= 15 is 0 Å². The van der Waals surface area contributed by atoms with Crippen LogP contribution in [0.1, 0.15) is 35.1 Å². The predicted octanol–water partition coefficient (Wildman–Crippen LogP) is 3.77. The maximum absolute atomic E-state index is 12.4. The van der Waals surface area contributed by atoms with Crippen LogP contribution in [0.25, 0.3) is 4.96 Å². The Labute approximate surface area is 176 Å². The molecule has 3 heterocycles. The van der Waals surface area contributed by atoms with Gasteiger partial charge in [0.1, 0.15) is 17.4 Å². The van der Waals surface area contributed by atoms with Crippen molar-refractivity contribution in [2.24, 2.45) is 5.92 Å². The van der Waals surface area contributed by atoms with Gasteiger partial charge in [-0.15, -0.1) is 0 Å². The van der Waals surface area contributed by atoms with E-state index in [0.29, 0.717) is 28.0 Å². The Morgan fingerprint density at radius 1 is 1.27 bits per heavy atom. The SMILES string of the molecule is CC(C)Cc1nn2c(=O)cc(COc3cccc(NC(=O)c4ccco4)c3)nc2s1. The molecule has 0 fully saturated rings. The Hall–Kier alpha value is -3.46. The van der Waals surface area contributed by atoms with E-state index in [-0.39, 0.29) is 23.8 Å². The summed E-state index contributed by atoms with van der Waals surface area (Å²) in [5.74, 6) is 0.865. The second-order valence-corrected chi connectivity index (χ2v) is 8.16. The summed E-state index contributed by atoms with van der Waals surface area (Å²) < 4.78 is 12.2. The summed E-state index contributed by atoms with van der Waals surface area (Å²) in [6, 6.07) is 11.6. The summed E-state index contributed by atoms with van der Waals surface area (Å²) in [7, 11) is 0. The molecule has 0 aliphatic rings. The van der Waals surface area contributed by atoms with Crippen LogP contribution in [0.4, 0.5) is 5.69 Å².